The van der Waals surface area contributed by atoms with Crippen molar-refractivity contribution >= 4 is 23.1 Å². The number of aromatic nitrogens is 1. The number of benzene rings is 1. The lowest BCUT2D eigenvalue weighted by Gasteiger charge is -2.11. The quantitative estimate of drug-likeness (QED) is 0.906. The maximum Gasteiger partial charge on any atom is 0.253 e. The van der Waals surface area contributed by atoms with E-state index in [4.69, 9.17) is 4.74 Å². The van der Waals surface area contributed by atoms with Crippen LogP contribution in [-0.4, -0.2) is 23.6 Å². The molecule has 2 aromatic rings. The van der Waals surface area contributed by atoms with Crippen molar-refractivity contribution in [2.75, 3.05) is 17.2 Å². The molecule has 2 N–H and O–H groups in total. The van der Waals surface area contributed by atoms with Gasteiger partial charge in [0.15, 0.2) is 0 Å². The van der Waals surface area contributed by atoms with Crippen molar-refractivity contribution < 1.29 is 9.53 Å². The van der Waals surface area contributed by atoms with E-state index in [-0.39, 0.29) is 12.0 Å². The van der Waals surface area contributed by atoms with Gasteiger partial charge in [-0.2, -0.15) is 0 Å². The van der Waals surface area contributed by atoms with Crippen LogP contribution in [0.5, 0.6) is 0 Å². The molecule has 3 rings (SSSR count). The van der Waals surface area contributed by atoms with E-state index in [0.717, 1.165) is 24.3 Å². The molecule has 0 bridgehead atoms. The standard InChI is InChI=1S/C18H21N3O2/c1-12-5-6-14(10-13(12)2)20-17-8-7-15(11-19-17)21-18(22)16-4-3-9-23-16/h5-8,10-11,16H,3-4,9H2,1-2H3,(H,19,20)(H,21,22). The van der Waals surface area contributed by atoms with Gasteiger partial charge in [0.1, 0.15) is 11.9 Å². The minimum absolute atomic E-state index is 0.0980. The summed E-state index contributed by atoms with van der Waals surface area (Å²) in [5.41, 5.74) is 4.17. The fourth-order valence-corrected chi connectivity index (χ4v) is 2.52. The Kier molecular flexibility index (Phi) is 4.57. The molecule has 1 aromatic carbocycles. The topological polar surface area (TPSA) is 63.2 Å². The van der Waals surface area contributed by atoms with E-state index >= 15 is 0 Å². The third-order valence-electron chi connectivity index (χ3n) is 4.03. The van der Waals surface area contributed by atoms with E-state index in [1.807, 2.05) is 18.2 Å². The highest BCUT2D eigenvalue weighted by Gasteiger charge is 2.23. The lowest BCUT2D eigenvalue weighted by molar-refractivity contribution is -0.124. The number of rotatable bonds is 4. The van der Waals surface area contributed by atoms with Gasteiger partial charge < -0.3 is 15.4 Å². The molecule has 0 saturated carbocycles. The maximum absolute atomic E-state index is 12.0. The zero-order chi connectivity index (χ0) is 16.2. The summed E-state index contributed by atoms with van der Waals surface area (Å²) in [5.74, 6) is 0.641. The molecule has 1 atom stereocenters. The van der Waals surface area contributed by atoms with Crippen LogP contribution in [0.2, 0.25) is 0 Å². The van der Waals surface area contributed by atoms with Gasteiger partial charge in [-0.25, -0.2) is 4.98 Å². The first-order valence-electron chi connectivity index (χ1n) is 7.84. The van der Waals surface area contributed by atoms with Gasteiger partial charge in [0, 0.05) is 12.3 Å². The molecule has 2 heterocycles. The summed E-state index contributed by atoms with van der Waals surface area (Å²) >= 11 is 0. The number of hydrogen-bond acceptors (Lipinski definition) is 4. The molecule has 1 fully saturated rings. The van der Waals surface area contributed by atoms with E-state index in [9.17, 15) is 4.79 Å². The van der Waals surface area contributed by atoms with Gasteiger partial charge in [-0.15, -0.1) is 0 Å². The first-order valence-corrected chi connectivity index (χ1v) is 7.84. The number of aryl methyl sites for hydroxylation is 2. The number of nitrogens with zero attached hydrogens (tertiary/aromatic N) is 1. The molecule has 1 aromatic heterocycles. The average Bonchev–Trinajstić information content (AvgIpc) is 3.07. The first kappa shape index (κ1) is 15.5. The largest absolute Gasteiger partial charge is 0.368 e. The molecule has 1 saturated heterocycles. The van der Waals surface area contributed by atoms with Crippen molar-refractivity contribution in [3.8, 4) is 0 Å². The molecule has 5 heteroatoms. The van der Waals surface area contributed by atoms with Crippen LogP contribution in [0, 0.1) is 13.8 Å². The molecular weight excluding hydrogens is 290 g/mol. The highest BCUT2D eigenvalue weighted by Crippen LogP contribution is 2.20. The molecular formula is C18H21N3O2. The van der Waals surface area contributed by atoms with Crippen LogP contribution in [0.25, 0.3) is 0 Å². The second-order valence-corrected chi connectivity index (χ2v) is 5.85. The van der Waals surface area contributed by atoms with E-state index in [1.165, 1.54) is 11.1 Å². The van der Waals surface area contributed by atoms with Crippen molar-refractivity contribution in [3.63, 3.8) is 0 Å². The molecule has 23 heavy (non-hydrogen) atoms. The van der Waals surface area contributed by atoms with Gasteiger partial charge in [0.05, 0.1) is 11.9 Å². The third kappa shape index (κ3) is 3.87. The summed E-state index contributed by atoms with van der Waals surface area (Å²) < 4.78 is 5.37. The van der Waals surface area contributed by atoms with Crippen molar-refractivity contribution in [3.05, 3.63) is 47.7 Å². The highest BCUT2D eigenvalue weighted by atomic mass is 16.5. The van der Waals surface area contributed by atoms with Gasteiger partial charge in [-0.05, 0) is 62.1 Å². The average molecular weight is 311 g/mol. The molecule has 1 amide bonds. The number of ether oxygens (including phenoxy) is 1. The molecule has 1 aliphatic rings. The van der Waals surface area contributed by atoms with Crippen molar-refractivity contribution in [1.82, 2.24) is 4.98 Å². The van der Waals surface area contributed by atoms with E-state index in [2.05, 4.69) is 41.6 Å². The summed E-state index contributed by atoms with van der Waals surface area (Å²) in [6, 6.07) is 9.87. The minimum atomic E-state index is -0.330. The highest BCUT2D eigenvalue weighted by molar-refractivity contribution is 5.94. The van der Waals surface area contributed by atoms with E-state index < -0.39 is 0 Å². The second kappa shape index (κ2) is 6.79. The number of carbonyl (C=O) groups excluding carboxylic acids is 1. The summed E-state index contributed by atoms with van der Waals surface area (Å²) in [6.07, 6.45) is 3.04. The summed E-state index contributed by atoms with van der Waals surface area (Å²) in [4.78, 5) is 16.3. The Labute approximate surface area is 136 Å². The smallest absolute Gasteiger partial charge is 0.253 e. The molecule has 120 valence electrons. The zero-order valence-corrected chi connectivity index (χ0v) is 13.4. The molecule has 5 nitrogen and oxygen atoms in total. The number of amides is 1. The molecule has 0 radical (unpaired) electrons. The van der Waals surface area contributed by atoms with Gasteiger partial charge in [-0.3, -0.25) is 4.79 Å². The number of carbonyl (C=O) groups is 1. The Morgan fingerprint density at radius 3 is 2.65 bits per heavy atom. The Hall–Kier alpha value is -2.40. The number of nitrogens with one attached hydrogen (secondary N) is 2. The van der Waals surface area contributed by atoms with Crippen molar-refractivity contribution in [1.29, 1.82) is 0 Å². The Balaban J connectivity index is 1.62. The van der Waals surface area contributed by atoms with Crippen LogP contribution >= 0.6 is 0 Å². The van der Waals surface area contributed by atoms with Gasteiger partial charge >= 0.3 is 0 Å². The summed E-state index contributed by atoms with van der Waals surface area (Å²) in [5, 5.41) is 6.10. The van der Waals surface area contributed by atoms with E-state index in [1.54, 1.807) is 6.20 Å². The van der Waals surface area contributed by atoms with Crippen LogP contribution in [0.1, 0.15) is 24.0 Å². The third-order valence-corrected chi connectivity index (χ3v) is 4.03. The summed E-state index contributed by atoms with van der Waals surface area (Å²) in [6.45, 7) is 4.83. The van der Waals surface area contributed by atoms with E-state index in [0.29, 0.717) is 12.3 Å². The lowest BCUT2D eigenvalue weighted by atomic mass is 10.1. The zero-order valence-electron chi connectivity index (χ0n) is 13.4. The van der Waals surface area contributed by atoms with Crippen LogP contribution in [0.4, 0.5) is 17.2 Å². The minimum Gasteiger partial charge on any atom is -0.368 e. The molecule has 0 spiro atoms. The number of pyridine rings is 1. The van der Waals surface area contributed by atoms with Gasteiger partial charge in [0.2, 0.25) is 0 Å². The fraction of sp³-hybridized carbons (Fsp3) is 0.333. The first-order chi connectivity index (χ1) is 11.1. The second-order valence-electron chi connectivity index (χ2n) is 5.85. The predicted octanol–water partition coefficient (Wildman–Crippen LogP) is 3.56. The van der Waals surface area contributed by atoms with Gasteiger partial charge in [-0.1, -0.05) is 6.07 Å². The van der Waals surface area contributed by atoms with Crippen LogP contribution in [0.15, 0.2) is 36.5 Å². The van der Waals surface area contributed by atoms with Crippen LogP contribution in [-0.2, 0) is 9.53 Å². The lowest BCUT2D eigenvalue weighted by Crippen LogP contribution is -2.26. The number of hydrogen-bond donors (Lipinski definition) is 2. The van der Waals surface area contributed by atoms with Crippen molar-refractivity contribution in [2.45, 2.75) is 32.8 Å². The fourth-order valence-electron chi connectivity index (χ4n) is 2.52. The molecule has 1 aliphatic heterocycles. The predicted molar refractivity (Wildman–Crippen MR) is 91.0 cm³/mol. The van der Waals surface area contributed by atoms with Crippen LogP contribution < -0.4 is 10.6 Å². The SMILES string of the molecule is Cc1ccc(Nc2ccc(NC(=O)C3CCCO3)cn2)cc1C. The monoisotopic (exact) mass is 311 g/mol. The Morgan fingerprint density at radius 2 is 2.00 bits per heavy atom. The molecule has 1 unspecified atom stereocenters. The maximum atomic E-state index is 12.0. The molecule has 0 aliphatic carbocycles. The normalized spacial score (nSPS) is 17.0. The Bertz CT molecular complexity index is 692. The van der Waals surface area contributed by atoms with Crippen molar-refractivity contribution in [2.24, 2.45) is 0 Å². The van der Waals surface area contributed by atoms with Gasteiger partial charge in [0.25, 0.3) is 5.91 Å². The van der Waals surface area contributed by atoms with Crippen LogP contribution in [0.3, 0.4) is 0 Å². The summed E-state index contributed by atoms with van der Waals surface area (Å²) in [7, 11) is 0. The number of anilines is 3. The Morgan fingerprint density at radius 1 is 1.17 bits per heavy atom.